The van der Waals surface area contributed by atoms with Crippen LogP contribution in [0.5, 0.6) is 5.75 Å². The predicted octanol–water partition coefficient (Wildman–Crippen LogP) is 9.75. The van der Waals surface area contributed by atoms with Gasteiger partial charge in [-0.1, -0.05) is 57.2 Å². The van der Waals surface area contributed by atoms with E-state index in [0.29, 0.717) is 62.8 Å². The minimum atomic E-state index is -4.85. The topological polar surface area (TPSA) is 157 Å². The molecule has 1 unspecified atom stereocenters. The van der Waals surface area contributed by atoms with Crippen LogP contribution in [0.3, 0.4) is 0 Å². The van der Waals surface area contributed by atoms with Crippen LogP contribution < -0.4 is 25.2 Å². The summed E-state index contributed by atoms with van der Waals surface area (Å²) in [4.78, 5) is 63.4. The second-order valence-corrected chi connectivity index (χ2v) is 20.4. The van der Waals surface area contributed by atoms with E-state index in [2.05, 4.69) is 15.6 Å². The number of hydrogen-bond acceptors (Lipinski definition) is 10. The zero-order chi connectivity index (χ0) is 52.1. The van der Waals surface area contributed by atoms with Crippen LogP contribution in [-0.4, -0.2) is 82.6 Å². The second kappa shape index (κ2) is 21.9. The van der Waals surface area contributed by atoms with E-state index in [0.717, 1.165) is 32.7 Å². The van der Waals surface area contributed by atoms with Crippen LogP contribution in [0.2, 0.25) is 0 Å². The van der Waals surface area contributed by atoms with E-state index in [1.807, 2.05) is 57.5 Å². The van der Waals surface area contributed by atoms with E-state index in [9.17, 15) is 37.6 Å². The first-order chi connectivity index (χ1) is 34.1. The number of alkyl halides is 3. The van der Waals surface area contributed by atoms with Crippen molar-refractivity contribution in [3.63, 3.8) is 0 Å². The van der Waals surface area contributed by atoms with Crippen molar-refractivity contribution in [2.24, 2.45) is 5.41 Å². The molecule has 0 aliphatic carbocycles. The predicted molar refractivity (Wildman–Crippen MR) is 270 cm³/mol. The highest BCUT2D eigenvalue weighted by Crippen LogP contribution is 2.41. The molecule has 0 radical (unpaired) electrons. The van der Waals surface area contributed by atoms with Crippen molar-refractivity contribution in [2.75, 3.05) is 36.2 Å². The van der Waals surface area contributed by atoms with Crippen molar-refractivity contribution < 1.29 is 46.2 Å². The number of carbonyl (C=O) groups excluding carboxylic acids is 4. The number of rotatable bonds is 17. The lowest BCUT2D eigenvalue weighted by molar-refractivity contribution is -0.144. The first kappa shape index (κ1) is 53.1. The fraction of sp³-hybridized carbons (Fsp3) is 0.377. The van der Waals surface area contributed by atoms with Gasteiger partial charge in [-0.25, -0.2) is 9.37 Å². The summed E-state index contributed by atoms with van der Waals surface area (Å²) < 4.78 is 68.6. The van der Waals surface area contributed by atoms with Crippen molar-refractivity contribution in [1.29, 1.82) is 5.26 Å². The molecule has 19 heteroatoms. The monoisotopic (exact) mass is 1030 g/mol. The Morgan fingerprint density at radius 2 is 1.64 bits per heavy atom. The van der Waals surface area contributed by atoms with Crippen LogP contribution in [-0.2, 0) is 36.6 Å². The molecule has 5 aromatic rings. The number of halogens is 4. The van der Waals surface area contributed by atoms with E-state index in [1.54, 1.807) is 46.6 Å². The number of benzene rings is 4. The summed E-state index contributed by atoms with van der Waals surface area (Å²) in [6.45, 7) is 11.7. The van der Waals surface area contributed by atoms with Crippen molar-refractivity contribution in [3.05, 3.63) is 119 Å². The third-order valence-corrected chi connectivity index (χ3v) is 13.9. The highest BCUT2D eigenvalue weighted by Gasteiger charge is 2.51. The Kier molecular flexibility index (Phi) is 16.2. The normalized spacial score (nSPS) is 16.2. The highest BCUT2D eigenvalue weighted by molar-refractivity contribution is 7.81. The van der Waals surface area contributed by atoms with E-state index >= 15 is 4.39 Å². The van der Waals surface area contributed by atoms with Gasteiger partial charge >= 0.3 is 6.18 Å². The van der Waals surface area contributed by atoms with Gasteiger partial charge in [0.05, 0.1) is 45.6 Å². The molecule has 2 aliphatic heterocycles. The Labute approximate surface area is 425 Å². The minimum absolute atomic E-state index is 0.153. The fourth-order valence-corrected chi connectivity index (χ4v) is 10.0. The van der Waals surface area contributed by atoms with Gasteiger partial charge in [0.25, 0.3) is 5.91 Å². The Bertz CT molecular complexity index is 2880. The number of hydrogen-bond donors (Lipinski definition) is 2. The van der Waals surface area contributed by atoms with Crippen LogP contribution in [0.1, 0.15) is 82.7 Å². The molecule has 2 N–H and O–H groups in total. The van der Waals surface area contributed by atoms with Crippen LogP contribution >= 0.6 is 23.6 Å². The standard InChI is InChI=1S/C53H55F4N7O6S2/c1-32-45(72-31-60-32)35-13-11-33(12-14-35)29-59-47(66)43-10-9-23-62(43)48(67)46(51(2,3)4)61-44(65)30-69-24-7-8-25-70-39-20-16-34(17-21-39)40-22-19-38(27-42(40)54)64-50(71)63(49(68)52(64,5)6)37-18-15-36(28-58)41(26-37)53(55,56)57/h11-22,26-27,31,43,46H,7-10,23-25,29-30H2,1-6H3,(H,59,66)(H,61,65)/t43-,46?/m0/s1. The summed E-state index contributed by atoms with van der Waals surface area (Å²) in [5, 5.41) is 14.9. The zero-order valence-corrected chi connectivity index (χ0v) is 42.3. The number of nitrogens with one attached hydrogen (secondary N) is 2. The third-order valence-electron chi connectivity index (χ3n) is 12.6. The quantitative estimate of drug-likeness (QED) is 0.0522. The third kappa shape index (κ3) is 11.8. The average Bonchev–Trinajstić information content (AvgIpc) is 4.05. The van der Waals surface area contributed by atoms with Gasteiger partial charge in [0.1, 0.15) is 35.8 Å². The molecule has 1 aromatic heterocycles. The largest absolute Gasteiger partial charge is 0.494 e. The van der Waals surface area contributed by atoms with Gasteiger partial charge in [0.2, 0.25) is 17.7 Å². The van der Waals surface area contributed by atoms with E-state index in [1.165, 1.54) is 43.0 Å². The summed E-state index contributed by atoms with van der Waals surface area (Å²) in [6, 6.07) is 21.9. The van der Waals surface area contributed by atoms with E-state index in [-0.39, 0.29) is 47.1 Å². The van der Waals surface area contributed by atoms with Gasteiger partial charge in [0.15, 0.2) is 5.11 Å². The van der Waals surface area contributed by atoms with Gasteiger partial charge in [0, 0.05) is 30.9 Å². The molecule has 0 spiro atoms. The average molecular weight is 1030 g/mol. The number of amides is 4. The van der Waals surface area contributed by atoms with Crippen LogP contribution in [0, 0.1) is 29.5 Å². The number of nitrogens with zero attached hydrogens (tertiary/aromatic N) is 5. The molecule has 0 bridgehead atoms. The number of ether oxygens (including phenoxy) is 2. The minimum Gasteiger partial charge on any atom is -0.494 e. The molecule has 7 rings (SSSR count). The van der Waals surface area contributed by atoms with Gasteiger partial charge in [-0.05, 0) is 129 Å². The number of nitriles is 1. The first-order valence-electron chi connectivity index (χ1n) is 23.4. The molecular weight excluding hydrogens is 971 g/mol. The number of thiocarbonyl (C=S) groups is 1. The maximum absolute atomic E-state index is 15.8. The first-order valence-corrected chi connectivity index (χ1v) is 24.7. The smallest absolute Gasteiger partial charge is 0.417 e. The molecule has 4 aromatic carbocycles. The zero-order valence-electron chi connectivity index (χ0n) is 40.7. The Morgan fingerprint density at radius 1 is 0.958 bits per heavy atom. The van der Waals surface area contributed by atoms with Crippen LogP contribution in [0.4, 0.5) is 28.9 Å². The number of unbranched alkanes of at least 4 members (excludes halogenated alkanes) is 1. The SMILES string of the molecule is Cc1ncsc1-c1ccc(CNC(=O)[C@@H]2CCCN2C(=O)C(NC(=O)COCCCCOc2ccc(-c3ccc(N4C(=S)N(c5ccc(C#N)c(C(F)(F)F)c5)C(=O)C4(C)C)cc3F)cc2)C(C)(C)C)cc1. The summed E-state index contributed by atoms with van der Waals surface area (Å²) in [6.07, 6.45) is -2.49. The molecule has 3 heterocycles. The molecule has 2 atom stereocenters. The van der Waals surface area contributed by atoms with Crippen molar-refractivity contribution in [2.45, 2.75) is 97.6 Å². The summed E-state index contributed by atoms with van der Waals surface area (Å²) in [5.74, 6) is -1.72. The molecule has 2 fully saturated rings. The van der Waals surface area contributed by atoms with Crippen LogP contribution in [0.25, 0.3) is 21.6 Å². The van der Waals surface area contributed by atoms with E-state index < -0.39 is 58.0 Å². The lowest BCUT2D eigenvalue weighted by atomic mass is 9.85. The van der Waals surface area contributed by atoms with Crippen molar-refractivity contribution in [1.82, 2.24) is 20.5 Å². The highest BCUT2D eigenvalue weighted by atomic mass is 32.1. The second-order valence-electron chi connectivity index (χ2n) is 19.2. The van der Waals surface area contributed by atoms with Gasteiger partial charge in [-0.2, -0.15) is 18.4 Å². The summed E-state index contributed by atoms with van der Waals surface area (Å²) in [7, 11) is 0. The number of likely N-dealkylation sites (tertiary alicyclic amines) is 1. The van der Waals surface area contributed by atoms with Crippen molar-refractivity contribution in [3.8, 4) is 33.4 Å². The maximum atomic E-state index is 15.8. The van der Waals surface area contributed by atoms with Gasteiger partial charge < -0.3 is 29.9 Å². The molecule has 378 valence electrons. The Hall–Kier alpha value is -6.75. The number of aromatic nitrogens is 1. The summed E-state index contributed by atoms with van der Waals surface area (Å²) >= 11 is 7.17. The number of anilines is 2. The molecule has 2 saturated heterocycles. The lowest BCUT2D eigenvalue weighted by Gasteiger charge is -2.35. The maximum Gasteiger partial charge on any atom is 0.417 e. The Morgan fingerprint density at radius 3 is 2.28 bits per heavy atom. The summed E-state index contributed by atoms with van der Waals surface area (Å²) in [5.41, 5.74) is 1.75. The molecule has 72 heavy (non-hydrogen) atoms. The number of carbonyl (C=O) groups is 4. The molecule has 13 nitrogen and oxygen atoms in total. The number of thiazole rings is 1. The van der Waals surface area contributed by atoms with Crippen molar-refractivity contribution >= 4 is 63.7 Å². The molecule has 2 aliphatic rings. The Balaban J connectivity index is 0.846. The molecular formula is C53H55F4N7O6S2. The molecule has 0 saturated carbocycles. The number of aryl methyl sites for hydroxylation is 1. The molecule has 4 amide bonds. The van der Waals surface area contributed by atoms with Gasteiger partial charge in [-0.3, -0.25) is 24.1 Å². The van der Waals surface area contributed by atoms with Gasteiger partial charge in [-0.15, -0.1) is 11.3 Å². The fourth-order valence-electron chi connectivity index (χ4n) is 8.71. The van der Waals surface area contributed by atoms with Crippen LogP contribution in [0.15, 0.2) is 90.4 Å². The lowest BCUT2D eigenvalue weighted by Crippen LogP contribution is -2.58. The van der Waals surface area contributed by atoms with E-state index in [4.69, 9.17) is 21.7 Å².